The fraction of sp³-hybridized carbons (Fsp3) is 0.650. The van der Waals surface area contributed by atoms with Gasteiger partial charge in [-0.3, -0.25) is 4.79 Å². The number of aryl methyl sites for hydroxylation is 1. The molecule has 0 aliphatic carbocycles. The number of nitrogens with two attached hydrogens (primary N) is 1. The summed E-state index contributed by atoms with van der Waals surface area (Å²) < 4.78 is 27.9. The van der Waals surface area contributed by atoms with E-state index in [0.717, 1.165) is 31.2 Å². The highest BCUT2D eigenvalue weighted by atomic mass is 35.5. The molecule has 2 fully saturated rings. The minimum Gasteiger partial charge on any atom is -0.338 e. The second kappa shape index (κ2) is 8.69. The van der Waals surface area contributed by atoms with Crippen LogP contribution in [0.3, 0.4) is 0 Å². The van der Waals surface area contributed by atoms with Gasteiger partial charge in [-0.2, -0.15) is 4.31 Å². The van der Waals surface area contributed by atoms with Gasteiger partial charge in [-0.05, 0) is 62.8 Å². The molecule has 0 radical (unpaired) electrons. The Balaban J connectivity index is 0.00000280. The molecular formula is C20H32ClN3O3S. The van der Waals surface area contributed by atoms with E-state index in [0.29, 0.717) is 31.7 Å². The number of carbonyl (C=O) groups excluding carboxylic acids is 1. The van der Waals surface area contributed by atoms with Crippen molar-refractivity contribution in [1.29, 1.82) is 0 Å². The molecule has 0 spiro atoms. The number of rotatable bonds is 4. The average Bonchev–Trinajstić information content (AvgIpc) is 3.04. The first-order valence-electron chi connectivity index (χ1n) is 9.80. The Morgan fingerprint density at radius 2 is 2.00 bits per heavy atom. The fourth-order valence-electron chi connectivity index (χ4n) is 4.09. The van der Waals surface area contributed by atoms with Crippen LogP contribution >= 0.6 is 12.4 Å². The van der Waals surface area contributed by atoms with Gasteiger partial charge in [0.1, 0.15) is 0 Å². The van der Waals surface area contributed by atoms with Crippen molar-refractivity contribution in [3.05, 3.63) is 29.3 Å². The van der Waals surface area contributed by atoms with Crippen molar-refractivity contribution in [2.45, 2.75) is 57.4 Å². The number of sulfonamides is 1. The quantitative estimate of drug-likeness (QED) is 0.797. The van der Waals surface area contributed by atoms with E-state index in [1.807, 2.05) is 13.8 Å². The number of benzene rings is 1. The predicted octanol–water partition coefficient (Wildman–Crippen LogP) is 2.79. The summed E-state index contributed by atoms with van der Waals surface area (Å²) in [4.78, 5) is 15.1. The number of piperidine rings is 1. The summed E-state index contributed by atoms with van der Waals surface area (Å²) in [5, 5.41) is 0. The molecule has 2 saturated heterocycles. The van der Waals surface area contributed by atoms with E-state index in [4.69, 9.17) is 5.73 Å². The Morgan fingerprint density at radius 1 is 1.29 bits per heavy atom. The highest BCUT2D eigenvalue weighted by Gasteiger charge is 2.36. The lowest BCUT2D eigenvalue weighted by Gasteiger charge is -2.32. The minimum absolute atomic E-state index is 0. The van der Waals surface area contributed by atoms with Crippen molar-refractivity contribution in [3.63, 3.8) is 0 Å². The summed E-state index contributed by atoms with van der Waals surface area (Å²) >= 11 is 0. The van der Waals surface area contributed by atoms with Crippen LogP contribution in [0.25, 0.3) is 0 Å². The summed E-state index contributed by atoms with van der Waals surface area (Å²) in [6.45, 7) is 8.25. The smallest absolute Gasteiger partial charge is 0.254 e. The van der Waals surface area contributed by atoms with Gasteiger partial charge in [0.25, 0.3) is 5.91 Å². The second-order valence-corrected chi connectivity index (χ2v) is 10.3. The zero-order valence-corrected chi connectivity index (χ0v) is 18.6. The first-order valence-corrected chi connectivity index (χ1v) is 11.2. The van der Waals surface area contributed by atoms with E-state index in [9.17, 15) is 13.2 Å². The van der Waals surface area contributed by atoms with E-state index in [2.05, 4.69) is 6.92 Å². The van der Waals surface area contributed by atoms with Crippen LogP contribution in [0.15, 0.2) is 23.1 Å². The number of likely N-dealkylation sites (tertiary alicyclic amines) is 1. The molecule has 0 saturated carbocycles. The van der Waals surface area contributed by atoms with Crippen LogP contribution in [0.4, 0.5) is 0 Å². The van der Waals surface area contributed by atoms with Gasteiger partial charge in [-0.25, -0.2) is 8.42 Å². The van der Waals surface area contributed by atoms with Crippen molar-refractivity contribution >= 4 is 28.3 Å². The largest absolute Gasteiger partial charge is 0.338 e. The SMILES string of the molecule is Cc1ccc(S(=O)(=O)N2CCCCC2C)cc1C(=O)N1CCC(C)(CN)C1.Cl. The maximum absolute atomic E-state index is 13.1. The molecule has 2 aliphatic heterocycles. The van der Waals surface area contributed by atoms with Crippen molar-refractivity contribution < 1.29 is 13.2 Å². The van der Waals surface area contributed by atoms with Crippen molar-refractivity contribution in [3.8, 4) is 0 Å². The summed E-state index contributed by atoms with van der Waals surface area (Å²) in [5.41, 5.74) is 7.07. The fourth-order valence-corrected chi connectivity index (χ4v) is 5.82. The maximum Gasteiger partial charge on any atom is 0.254 e. The van der Waals surface area contributed by atoms with E-state index >= 15 is 0 Å². The van der Waals surface area contributed by atoms with Gasteiger partial charge in [-0.1, -0.05) is 19.4 Å². The monoisotopic (exact) mass is 429 g/mol. The highest BCUT2D eigenvalue weighted by Crippen LogP contribution is 2.31. The number of hydrogen-bond donors (Lipinski definition) is 1. The van der Waals surface area contributed by atoms with Gasteiger partial charge in [-0.15, -0.1) is 12.4 Å². The van der Waals surface area contributed by atoms with Gasteiger partial charge in [0.2, 0.25) is 10.0 Å². The van der Waals surface area contributed by atoms with Crippen molar-refractivity contribution in [2.75, 3.05) is 26.2 Å². The maximum atomic E-state index is 13.1. The molecule has 2 unspecified atom stereocenters. The zero-order valence-electron chi connectivity index (χ0n) is 17.0. The Hall–Kier alpha value is -1.15. The molecule has 158 valence electrons. The summed E-state index contributed by atoms with van der Waals surface area (Å²) in [5.74, 6) is -0.103. The van der Waals surface area contributed by atoms with Crippen LogP contribution in [0.1, 0.15) is 55.5 Å². The molecule has 1 aromatic carbocycles. The topological polar surface area (TPSA) is 83.7 Å². The van der Waals surface area contributed by atoms with Crippen LogP contribution in [0, 0.1) is 12.3 Å². The first-order chi connectivity index (χ1) is 12.7. The van der Waals surface area contributed by atoms with Crippen LogP contribution in [0.2, 0.25) is 0 Å². The molecule has 0 bridgehead atoms. The molecule has 2 atom stereocenters. The normalized spacial score (nSPS) is 26.1. The third kappa shape index (κ3) is 4.37. The Bertz CT molecular complexity index is 830. The van der Waals surface area contributed by atoms with Crippen molar-refractivity contribution in [1.82, 2.24) is 9.21 Å². The molecule has 3 rings (SSSR count). The number of nitrogens with zero attached hydrogens (tertiary/aromatic N) is 2. The van der Waals surface area contributed by atoms with Crippen LogP contribution in [-0.4, -0.2) is 55.8 Å². The van der Waals surface area contributed by atoms with Gasteiger partial charge >= 0.3 is 0 Å². The van der Waals surface area contributed by atoms with E-state index in [1.54, 1.807) is 27.4 Å². The van der Waals surface area contributed by atoms with E-state index in [-0.39, 0.29) is 34.7 Å². The Labute approximate surface area is 174 Å². The van der Waals surface area contributed by atoms with E-state index in [1.165, 1.54) is 0 Å². The first kappa shape index (κ1) is 23.1. The molecule has 1 aromatic rings. The number of carbonyl (C=O) groups is 1. The van der Waals surface area contributed by atoms with Gasteiger partial charge in [0.05, 0.1) is 4.90 Å². The van der Waals surface area contributed by atoms with Crippen LogP contribution < -0.4 is 5.73 Å². The lowest BCUT2D eigenvalue weighted by atomic mass is 9.90. The van der Waals surface area contributed by atoms with Crippen LogP contribution in [0.5, 0.6) is 0 Å². The van der Waals surface area contributed by atoms with Gasteiger partial charge < -0.3 is 10.6 Å². The molecule has 2 aliphatic rings. The lowest BCUT2D eigenvalue weighted by molar-refractivity contribution is 0.0776. The van der Waals surface area contributed by atoms with E-state index < -0.39 is 10.0 Å². The molecule has 0 aromatic heterocycles. The third-order valence-corrected chi connectivity index (χ3v) is 8.14. The van der Waals surface area contributed by atoms with Gasteiger partial charge in [0.15, 0.2) is 0 Å². The number of hydrogen-bond acceptors (Lipinski definition) is 4. The summed E-state index contributed by atoms with van der Waals surface area (Å²) in [6, 6.07) is 4.92. The Morgan fingerprint density at radius 3 is 2.61 bits per heavy atom. The average molecular weight is 430 g/mol. The van der Waals surface area contributed by atoms with Crippen LogP contribution in [-0.2, 0) is 10.0 Å². The molecule has 2 heterocycles. The number of amides is 1. The number of halogens is 1. The molecule has 6 nitrogen and oxygen atoms in total. The highest BCUT2D eigenvalue weighted by molar-refractivity contribution is 7.89. The summed E-state index contributed by atoms with van der Waals surface area (Å²) in [7, 11) is -3.59. The molecule has 28 heavy (non-hydrogen) atoms. The Kier molecular flexibility index (Phi) is 7.18. The van der Waals surface area contributed by atoms with Gasteiger partial charge in [0, 0.05) is 31.2 Å². The standard InChI is InChI=1S/C20H31N3O3S.ClH/c1-15-7-8-17(27(25,26)23-10-5-4-6-16(23)2)12-18(15)19(24)22-11-9-20(3,13-21)14-22;/h7-8,12,16H,4-6,9-11,13-14,21H2,1-3H3;1H. The second-order valence-electron chi connectivity index (χ2n) is 8.43. The molecular weight excluding hydrogens is 398 g/mol. The molecule has 8 heteroatoms. The van der Waals surface area contributed by atoms with Crippen molar-refractivity contribution in [2.24, 2.45) is 11.1 Å². The minimum atomic E-state index is -3.59. The third-order valence-electron chi connectivity index (χ3n) is 6.13. The summed E-state index contributed by atoms with van der Waals surface area (Å²) in [6.07, 6.45) is 3.69. The lowest BCUT2D eigenvalue weighted by Crippen LogP contribution is -2.42. The zero-order chi connectivity index (χ0) is 19.8. The molecule has 2 N–H and O–H groups in total. The predicted molar refractivity (Wildman–Crippen MR) is 113 cm³/mol. The molecule has 1 amide bonds.